The average Bonchev–Trinajstić information content (AvgIpc) is 2.94. The van der Waals surface area contributed by atoms with Crippen molar-refractivity contribution in [1.29, 1.82) is 0 Å². The molecule has 0 aliphatic heterocycles. The lowest BCUT2D eigenvalue weighted by Crippen LogP contribution is -2.32. The van der Waals surface area contributed by atoms with Gasteiger partial charge in [-0.15, -0.1) is 14.8 Å². The van der Waals surface area contributed by atoms with Crippen molar-refractivity contribution in [3.05, 3.63) is 18.0 Å². The number of hydrogen-bond acceptors (Lipinski definition) is 6. The van der Waals surface area contributed by atoms with Gasteiger partial charge >= 0.3 is 0 Å². The maximum Gasteiger partial charge on any atom is 0.236 e. The first-order valence-corrected chi connectivity index (χ1v) is 9.31. The van der Waals surface area contributed by atoms with E-state index in [-0.39, 0.29) is 11.2 Å². The van der Waals surface area contributed by atoms with Crippen molar-refractivity contribution in [3.8, 4) is 5.88 Å². The molecule has 8 nitrogen and oxygen atoms in total. The van der Waals surface area contributed by atoms with Gasteiger partial charge in [0.2, 0.25) is 15.9 Å². The van der Waals surface area contributed by atoms with Gasteiger partial charge in [-0.1, -0.05) is 13.8 Å². The number of hydrogen-bond donors (Lipinski definition) is 1. The fourth-order valence-corrected chi connectivity index (χ4v) is 3.16. The molecule has 2 N–H and O–H groups in total. The minimum atomic E-state index is -3.48. The number of fused-ring (bicyclic) bond motifs is 1. The normalized spacial score (nSPS) is 12.7. The van der Waals surface area contributed by atoms with Crippen LogP contribution in [0.4, 0.5) is 0 Å². The first kappa shape index (κ1) is 17.6. The monoisotopic (exact) mass is 341 g/mol. The summed E-state index contributed by atoms with van der Waals surface area (Å²) in [6, 6.07) is 1.85. The van der Waals surface area contributed by atoms with Crippen LogP contribution in [0.2, 0.25) is 0 Å². The van der Waals surface area contributed by atoms with Gasteiger partial charge in [-0.25, -0.2) is 18.5 Å². The molecule has 0 amide bonds. The van der Waals surface area contributed by atoms with Crippen molar-refractivity contribution < 1.29 is 13.2 Å². The van der Waals surface area contributed by atoms with Gasteiger partial charge in [0.15, 0.2) is 5.65 Å². The molecule has 0 radical (unpaired) electrons. The number of nitrogens with zero attached hydrogens (tertiary/aromatic N) is 4. The maximum atomic E-state index is 11.3. The number of primary sulfonamides is 1. The zero-order valence-corrected chi connectivity index (χ0v) is 14.5. The summed E-state index contributed by atoms with van der Waals surface area (Å²) in [5.74, 6) is 0.428. The highest BCUT2D eigenvalue weighted by Gasteiger charge is 2.29. The van der Waals surface area contributed by atoms with Crippen LogP contribution in [0.5, 0.6) is 5.88 Å². The molecule has 23 heavy (non-hydrogen) atoms. The Labute approximate surface area is 136 Å². The quantitative estimate of drug-likeness (QED) is 0.774. The fraction of sp³-hybridized carbons (Fsp3) is 0.643. The van der Waals surface area contributed by atoms with Crippen LogP contribution in [0, 0.1) is 12.3 Å². The maximum absolute atomic E-state index is 11.3. The predicted octanol–water partition coefficient (Wildman–Crippen LogP) is 1.30. The molecule has 9 heteroatoms. The van der Waals surface area contributed by atoms with E-state index in [2.05, 4.69) is 15.2 Å². The zero-order valence-electron chi connectivity index (χ0n) is 13.7. The second-order valence-corrected chi connectivity index (χ2v) is 7.59. The predicted molar refractivity (Wildman–Crippen MR) is 86.6 cm³/mol. The van der Waals surface area contributed by atoms with Gasteiger partial charge in [0, 0.05) is 11.0 Å². The van der Waals surface area contributed by atoms with Gasteiger partial charge in [0.1, 0.15) is 6.33 Å². The number of aromatic nitrogens is 4. The van der Waals surface area contributed by atoms with E-state index in [9.17, 15) is 8.42 Å². The second-order valence-electron chi connectivity index (χ2n) is 5.85. The van der Waals surface area contributed by atoms with E-state index in [1.54, 1.807) is 0 Å². The van der Waals surface area contributed by atoms with E-state index in [4.69, 9.17) is 9.88 Å². The Morgan fingerprint density at radius 1 is 1.35 bits per heavy atom. The summed E-state index contributed by atoms with van der Waals surface area (Å²) in [7, 11) is -3.48. The van der Waals surface area contributed by atoms with Crippen molar-refractivity contribution in [2.45, 2.75) is 40.0 Å². The van der Waals surface area contributed by atoms with E-state index in [1.807, 2.05) is 26.8 Å². The van der Waals surface area contributed by atoms with Crippen molar-refractivity contribution in [2.24, 2.45) is 10.6 Å². The first-order valence-electron chi connectivity index (χ1n) is 7.59. The van der Waals surface area contributed by atoms with Crippen molar-refractivity contribution in [1.82, 2.24) is 19.8 Å². The van der Waals surface area contributed by atoms with Crippen LogP contribution < -0.4 is 9.88 Å². The third-order valence-electron chi connectivity index (χ3n) is 4.36. The Bertz CT molecular complexity index is 768. The molecule has 0 fully saturated rings. The molecule has 2 rings (SSSR count). The molecule has 0 unspecified atom stereocenters. The van der Waals surface area contributed by atoms with E-state index in [0.29, 0.717) is 24.6 Å². The molecular formula is C14H23N5O3S. The highest BCUT2D eigenvalue weighted by Crippen LogP contribution is 2.32. The largest absolute Gasteiger partial charge is 0.476 e. The highest BCUT2D eigenvalue weighted by atomic mass is 32.2. The lowest BCUT2D eigenvalue weighted by Gasteiger charge is -2.31. The van der Waals surface area contributed by atoms with Crippen LogP contribution in [0.15, 0.2) is 12.4 Å². The van der Waals surface area contributed by atoms with Gasteiger partial charge in [0.25, 0.3) is 0 Å². The fourth-order valence-electron chi connectivity index (χ4n) is 2.44. The molecule has 0 aromatic carbocycles. The van der Waals surface area contributed by atoms with E-state index >= 15 is 0 Å². The summed E-state index contributed by atoms with van der Waals surface area (Å²) in [4.78, 5) is 4.07. The van der Waals surface area contributed by atoms with Crippen molar-refractivity contribution in [3.63, 3.8) is 0 Å². The molecule has 128 valence electrons. The molecule has 0 spiro atoms. The summed E-state index contributed by atoms with van der Waals surface area (Å²) in [5, 5.41) is 13.4. The SMILES string of the molecule is CCC(CC)(CCS(N)(=O)=O)COc1nn2ncnc2cc1C. The Morgan fingerprint density at radius 3 is 2.65 bits per heavy atom. The van der Waals surface area contributed by atoms with Crippen LogP contribution in [0.3, 0.4) is 0 Å². The smallest absolute Gasteiger partial charge is 0.236 e. The van der Waals surface area contributed by atoms with Gasteiger partial charge in [-0.05, 0) is 32.3 Å². The number of rotatable bonds is 8. The zero-order chi connectivity index (χ0) is 17.1. The standard InChI is InChI=1S/C14H23N5O3S/c1-4-14(5-2,6-7-23(15,20)21)9-22-13-11(3)8-12-16-10-17-19(12)18-13/h8,10H,4-7,9H2,1-3H3,(H2,15,20,21). The van der Waals surface area contributed by atoms with Crippen LogP contribution in [0.1, 0.15) is 38.7 Å². The Balaban J connectivity index is 2.14. The minimum Gasteiger partial charge on any atom is -0.476 e. The molecule has 2 aromatic heterocycles. The van der Waals surface area contributed by atoms with Crippen LogP contribution in [-0.2, 0) is 10.0 Å². The molecule has 2 aromatic rings. The molecular weight excluding hydrogens is 318 g/mol. The topological polar surface area (TPSA) is 112 Å². The summed E-state index contributed by atoms with van der Waals surface area (Å²) in [5.41, 5.74) is 1.26. The van der Waals surface area contributed by atoms with E-state index in [1.165, 1.54) is 11.0 Å². The van der Waals surface area contributed by atoms with Gasteiger partial charge < -0.3 is 4.74 Å². The number of ether oxygens (including phenoxy) is 1. The molecule has 0 aliphatic rings. The Kier molecular flexibility index (Phi) is 5.20. The third-order valence-corrected chi connectivity index (χ3v) is 5.13. The Hall–Kier alpha value is -1.74. The minimum absolute atomic E-state index is 0.0490. The summed E-state index contributed by atoms with van der Waals surface area (Å²) in [6.07, 6.45) is 3.48. The summed E-state index contributed by atoms with van der Waals surface area (Å²) < 4.78 is 29.8. The van der Waals surface area contributed by atoms with E-state index < -0.39 is 10.0 Å². The average molecular weight is 341 g/mol. The number of nitrogens with two attached hydrogens (primary N) is 1. The van der Waals surface area contributed by atoms with E-state index in [0.717, 1.165) is 18.4 Å². The van der Waals surface area contributed by atoms with Gasteiger partial charge in [-0.3, -0.25) is 0 Å². The molecule has 2 heterocycles. The molecule has 0 saturated heterocycles. The van der Waals surface area contributed by atoms with Crippen LogP contribution in [0.25, 0.3) is 5.65 Å². The second kappa shape index (κ2) is 6.79. The number of sulfonamides is 1. The van der Waals surface area contributed by atoms with Crippen molar-refractivity contribution in [2.75, 3.05) is 12.4 Å². The van der Waals surface area contributed by atoms with Crippen LogP contribution in [-0.4, -0.2) is 40.6 Å². The highest BCUT2D eigenvalue weighted by molar-refractivity contribution is 7.89. The van der Waals surface area contributed by atoms with Gasteiger partial charge in [-0.2, -0.15) is 0 Å². The first-order chi connectivity index (χ1) is 10.8. The Morgan fingerprint density at radius 2 is 2.04 bits per heavy atom. The summed E-state index contributed by atoms with van der Waals surface area (Å²) >= 11 is 0. The van der Waals surface area contributed by atoms with Crippen molar-refractivity contribution >= 4 is 15.7 Å². The number of aryl methyl sites for hydroxylation is 1. The third kappa shape index (κ3) is 4.38. The summed E-state index contributed by atoms with van der Waals surface area (Å²) in [6.45, 7) is 6.32. The molecule has 0 bridgehead atoms. The van der Waals surface area contributed by atoms with Gasteiger partial charge in [0.05, 0.1) is 12.4 Å². The molecule has 0 saturated carbocycles. The van der Waals surface area contributed by atoms with Crippen LogP contribution >= 0.6 is 0 Å². The lowest BCUT2D eigenvalue weighted by atomic mass is 9.81. The molecule has 0 aliphatic carbocycles. The lowest BCUT2D eigenvalue weighted by molar-refractivity contribution is 0.122. The molecule has 0 atom stereocenters.